The lowest BCUT2D eigenvalue weighted by molar-refractivity contribution is -0.145. The highest BCUT2D eigenvalue weighted by Gasteiger charge is 2.43. The first-order valence-corrected chi connectivity index (χ1v) is 8.20. The summed E-state index contributed by atoms with van der Waals surface area (Å²) in [5.74, 6) is -0.731. The molecule has 0 spiro atoms. The number of rotatable bonds is 7. The van der Waals surface area contributed by atoms with Crippen LogP contribution in [0.15, 0.2) is 0 Å². The number of methoxy groups -OCH3 is 1. The third kappa shape index (κ3) is 4.74. The van der Waals surface area contributed by atoms with Crippen molar-refractivity contribution >= 4 is 16.0 Å². The Labute approximate surface area is 114 Å². The van der Waals surface area contributed by atoms with Crippen LogP contribution in [-0.2, 0) is 19.6 Å². The van der Waals surface area contributed by atoms with Crippen LogP contribution in [0.5, 0.6) is 0 Å². The number of ether oxygens (including phenoxy) is 1. The highest BCUT2D eigenvalue weighted by Crippen LogP contribution is 2.32. The Hall–Kier alpha value is -0.660. The van der Waals surface area contributed by atoms with Crippen molar-refractivity contribution in [2.24, 2.45) is 5.92 Å². The minimum atomic E-state index is -3.59. The number of nitrogens with one attached hydrogen (secondary N) is 1. The van der Waals surface area contributed by atoms with E-state index in [0.29, 0.717) is 31.8 Å². The summed E-state index contributed by atoms with van der Waals surface area (Å²) in [7, 11) is -2.08. The average molecular weight is 293 g/mol. The van der Waals surface area contributed by atoms with Gasteiger partial charge in [-0.15, -0.1) is 0 Å². The summed E-state index contributed by atoms with van der Waals surface area (Å²) in [6.07, 6.45) is 2.53. The molecule has 6 nitrogen and oxygen atoms in total. The monoisotopic (exact) mass is 293 g/mol. The number of hydrogen-bond acceptors (Lipinski definition) is 4. The van der Waals surface area contributed by atoms with Crippen molar-refractivity contribution in [3.63, 3.8) is 0 Å². The van der Waals surface area contributed by atoms with Crippen LogP contribution in [0.4, 0.5) is 0 Å². The van der Waals surface area contributed by atoms with Crippen molar-refractivity contribution in [3.05, 3.63) is 0 Å². The Morgan fingerprint density at radius 2 is 2.00 bits per heavy atom. The molecule has 1 aliphatic rings. The molecule has 0 unspecified atom stereocenters. The molecule has 0 atom stereocenters. The first-order valence-electron chi connectivity index (χ1n) is 6.55. The van der Waals surface area contributed by atoms with Gasteiger partial charge in [0.15, 0.2) is 0 Å². The molecule has 7 heteroatoms. The Balaban J connectivity index is 2.71. The van der Waals surface area contributed by atoms with Gasteiger partial charge in [-0.3, -0.25) is 4.79 Å². The molecule has 1 fully saturated rings. The van der Waals surface area contributed by atoms with Crippen LogP contribution >= 0.6 is 0 Å². The molecule has 0 aromatic rings. The van der Waals surface area contributed by atoms with E-state index in [0.717, 1.165) is 12.8 Å². The molecular weight excluding hydrogens is 270 g/mol. The zero-order valence-electron chi connectivity index (χ0n) is 11.5. The summed E-state index contributed by atoms with van der Waals surface area (Å²) in [4.78, 5) is 11.4. The SMILES string of the molecule is COCCCS(=O)(=O)NC1(C(=O)O)CCC(C)CC1. The minimum Gasteiger partial charge on any atom is -0.480 e. The standard InChI is InChI=1S/C12H23NO5S/c1-10-4-6-12(7-5-10,11(14)15)13-19(16,17)9-3-8-18-2/h10,13H,3-9H2,1-2H3,(H,14,15). The first kappa shape index (κ1) is 16.4. The summed E-state index contributed by atoms with van der Waals surface area (Å²) in [6.45, 7) is 2.40. The fraction of sp³-hybridized carbons (Fsp3) is 0.917. The smallest absolute Gasteiger partial charge is 0.324 e. The third-order valence-electron chi connectivity index (χ3n) is 3.65. The molecule has 0 aliphatic heterocycles. The van der Waals surface area contributed by atoms with E-state index in [-0.39, 0.29) is 5.75 Å². The zero-order chi connectivity index (χ0) is 14.5. The number of aliphatic carboxylic acids is 1. The molecule has 0 saturated heterocycles. The van der Waals surface area contributed by atoms with Gasteiger partial charge in [0, 0.05) is 13.7 Å². The van der Waals surface area contributed by atoms with Gasteiger partial charge in [0.25, 0.3) is 0 Å². The second-order valence-corrected chi connectivity index (χ2v) is 7.18. The van der Waals surface area contributed by atoms with Crippen LogP contribution in [0.2, 0.25) is 0 Å². The third-order valence-corrected chi connectivity index (χ3v) is 5.18. The molecule has 0 heterocycles. The normalized spacial score (nSPS) is 28.2. The highest BCUT2D eigenvalue weighted by atomic mass is 32.2. The lowest BCUT2D eigenvalue weighted by Crippen LogP contribution is -2.56. The fourth-order valence-electron chi connectivity index (χ4n) is 2.36. The number of hydrogen-bond donors (Lipinski definition) is 2. The van der Waals surface area contributed by atoms with Gasteiger partial charge in [-0.2, -0.15) is 4.72 Å². The van der Waals surface area contributed by atoms with Gasteiger partial charge in [-0.25, -0.2) is 8.42 Å². The highest BCUT2D eigenvalue weighted by molar-refractivity contribution is 7.89. The molecule has 1 saturated carbocycles. The summed E-state index contributed by atoms with van der Waals surface area (Å²) >= 11 is 0. The van der Waals surface area contributed by atoms with Crippen LogP contribution < -0.4 is 4.72 Å². The number of carbonyl (C=O) groups is 1. The van der Waals surface area contributed by atoms with Gasteiger partial charge in [-0.1, -0.05) is 6.92 Å². The Bertz CT molecular complexity index is 398. The van der Waals surface area contributed by atoms with Crippen LogP contribution in [-0.4, -0.2) is 44.5 Å². The van der Waals surface area contributed by atoms with Crippen LogP contribution in [0.1, 0.15) is 39.0 Å². The topological polar surface area (TPSA) is 92.7 Å². The maximum absolute atomic E-state index is 11.9. The van der Waals surface area contributed by atoms with Gasteiger partial charge in [-0.05, 0) is 38.0 Å². The molecule has 0 aromatic heterocycles. The molecule has 0 aromatic carbocycles. The van der Waals surface area contributed by atoms with Gasteiger partial charge < -0.3 is 9.84 Å². The predicted molar refractivity (Wildman–Crippen MR) is 71.4 cm³/mol. The van der Waals surface area contributed by atoms with Crippen molar-refractivity contribution < 1.29 is 23.1 Å². The molecule has 2 N–H and O–H groups in total. The predicted octanol–water partition coefficient (Wildman–Crippen LogP) is 0.976. The fourth-order valence-corrected chi connectivity index (χ4v) is 3.84. The maximum atomic E-state index is 11.9. The Morgan fingerprint density at radius 3 is 2.47 bits per heavy atom. The van der Waals surface area contributed by atoms with Crippen LogP contribution in [0.3, 0.4) is 0 Å². The minimum absolute atomic E-state index is 0.106. The Kier molecular flexibility index (Phi) is 5.76. The van der Waals surface area contributed by atoms with E-state index < -0.39 is 21.5 Å². The van der Waals surface area contributed by atoms with E-state index in [1.807, 2.05) is 0 Å². The molecule has 0 radical (unpaired) electrons. The van der Waals surface area contributed by atoms with Gasteiger partial charge in [0.2, 0.25) is 10.0 Å². The van der Waals surface area contributed by atoms with Crippen molar-refractivity contribution in [1.82, 2.24) is 4.72 Å². The summed E-state index contributed by atoms with van der Waals surface area (Å²) in [5.41, 5.74) is -1.32. The molecule has 112 valence electrons. The lowest BCUT2D eigenvalue weighted by atomic mass is 9.78. The van der Waals surface area contributed by atoms with Gasteiger partial charge in [0.05, 0.1) is 5.75 Å². The van der Waals surface area contributed by atoms with Crippen LogP contribution in [0, 0.1) is 5.92 Å². The quantitative estimate of drug-likeness (QED) is 0.682. The van der Waals surface area contributed by atoms with Gasteiger partial charge >= 0.3 is 5.97 Å². The summed E-state index contributed by atoms with van der Waals surface area (Å²) < 4.78 is 31.1. The molecular formula is C12H23NO5S. The molecule has 1 rings (SSSR count). The second-order valence-electron chi connectivity index (χ2n) is 5.34. The summed E-state index contributed by atoms with van der Waals surface area (Å²) in [5, 5.41) is 9.36. The maximum Gasteiger partial charge on any atom is 0.324 e. The first-order chi connectivity index (χ1) is 8.81. The van der Waals surface area contributed by atoms with E-state index in [2.05, 4.69) is 11.6 Å². The van der Waals surface area contributed by atoms with E-state index in [1.54, 1.807) is 0 Å². The zero-order valence-corrected chi connectivity index (χ0v) is 12.3. The van der Waals surface area contributed by atoms with E-state index >= 15 is 0 Å². The van der Waals surface area contributed by atoms with E-state index in [1.165, 1.54) is 7.11 Å². The van der Waals surface area contributed by atoms with Crippen molar-refractivity contribution in [2.75, 3.05) is 19.5 Å². The molecule has 0 amide bonds. The lowest BCUT2D eigenvalue weighted by Gasteiger charge is -2.36. The number of carboxylic acid groups (broad SMARTS) is 1. The molecule has 19 heavy (non-hydrogen) atoms. The van der Waals surface area contributed by atoms with Gasteiger partial charge in [0.1, 0.15) is 5.54 Å². The van der Waals surface area contributed by atoms with Crippen LogP contribution in [0.25, 0.3) is 0 Å². The summed E-state index contributed by atoms with van der Waals surface area (Å²) in [6, 6.07) is 0. The average Bonchev–Trinajstić information content (AvgIpc) is 2.32. The second kappa shape index (κ2) is 6.67. The largest absolute Gasteiger partial charge is 0.480 e. The number of carboxylic acids is 1. The van der Waals surface area contributed by atoms with Crippen molar-refractivity contribution in [1.29, 1.82) is 0 Å². The van der Waals surface area contributed by atoms with E-state index in [9.17, 15) is 18.3 Å². The van der Waals surface area contributed by atoms with E-state index in [4.69, 9.17) is 4.74 Å². The molecule has 1 aliphatic carbocycles. The van der Waals surface area contributed by atoms with Crippen molar-refractivity contribution in [3.8, 4) is 0 Å². The van der Waals surface area contributed by atoms with Crippen molar-refractivity contribution in [2.45, 2.75) is 44.6 Å². The Morgan fingerprint density at radius 1 is 1.42 bits per heavy atom. The number of sulfonamides is 1. The molecule has 0 bridgehead atoms.